The molecule has 0 radical (unpaired) electrons. The first kappa shape index (κ1) is 14.4. The standard InChI is InChI=1S/C16H17N3O3/c1-2-8-22-16(21)12-4-3-5-13(9-12)19-15(11-6-7-11)14(10-20)17-18-19/h3-5,9-11H,2,6-8H2,1H3. The van der Waals surface area contributed by atoms with Gasteiger partial charge in [-0.3, -0.25) is 4.79 Å². The predicted molar refractivity (Wildman–Crippen MR) is 79.3 cm³/mol. The van der Waals surface area contributed by atoms with Gasteiger partial charge in [0.1, 0.15) is 5.69 Å². The number of rotatable bonds is 6. The van der Waals surface area contributed by atoms with Crippen LogP contribution in [-0.4, -0.2) is 33.9 Å². The maximum absolute atomic E-state index is 12.0. The van der Waals surface area contributed by atoms with Crippen LogP contribution in [0.5, 0.6) is 0 Å². The molecule has 1 heterocycles. The van der Waals surface area contributed by atoms with Gasteiger partial charge in [0.25, 0.3) is 0 Å². The van der Waals surface area contributed by atoms with Crippen LogP contribution < -0.4 is 0 Å². The molecule has 6 nitrogen and oxygen atoms in total. The van der Waals surface area contributed by atoms with Crippen LogP contribution in [0.25, 0.3) is 5.69 Å². The van der Waals surface area contributed by atoms with E-state index in [4.69, 9.17) is 4.74 Å². The van der Waals surface area contributed by atoms with Crippen molar-refractivity contribution in [3.05, 3.63) is 41.2 Å². The van der Waals surface area contributed by atoms with Crippen LogP contribution in [0.4, 0.5) is 0 Å². The number of aromatic nitrogens is 3. The van der Waals surface area contributed by atoms with E-state index in [0.717, 1.165) is 31.2 Å². The number of benzene rings is 1. The highest BCUT2D eigenvalue weighted by Gasteiger charge is 2.31. The molecule has 1 fully saturated rings. The molecule has 3 rings (SSSR count). The molecule has 0 aliphatic heterocycles. The summed E-state index contributed by atoms with van der Waals surface area (Å²) in [6, 6.07) is 7.03. The number of hydrogen-bond acceptors (Lipinski definition) is 5. The number of esters is 1. The molecule has 0 N–H and O–H groups in total. The molecule has 0 spiro atoms. The highest BCUT2D eigenvalue weighted by molar-refractivity contribution is 5.90. The smallest absolute Gasteiger partial charge is 0.338 e. The summed E-state index contributed by atoms with van der Waals surface area (Å²) in [6.07, 6.45) is 3.58. The van der Waals surface area contributed by atoms with Gasteiger partial charge in [0.2, 0.25) is 0 Å². The van der Waals surface area contributed by atoms with E-state index in [1.54, 1.807) is 22.9 Å². The Labute approximate surface area is 128 Å². The molecule has 114 valence electrons. The molecular formula is C16H17N3O3. The van der Waals surface area contributed by atoms with E-state index in [1.807, 2.05) is 13.0 Å². The van der Waals surface area contributed by atoms with Gasteiger partial charge in [-0.1, -0.05) is 18.2 Å². The first-order chi connectivity index (χ1) is 10.7. The fraction of sp³-hybridized carbons (Fsp3) is 0.375. The van der Waals surface area contributed by atoms with Crippen molar-refractivity contribution in [1.82, 2.24) is 15.0 Å². The predicted octanol–water partition coefficient (Wildman–Crippen LogP) is 2.52. The van der Waals surface area contributed by atoms with Gasteiger partial charge in [-0.15, -0.1) is 5.10 Å². The van der Waals surface area contributed by atoms with Gasteiger partial charge in [0.05, 0.1) is 23.6 Å². The second-order valence-electron chi connectivity index (χ2n) is 5.35. The number of nitrogens with zero attached hydrogens (tertiary/aromatic N) is 3. The maximum Gasteiger partial charge on any atom is 0.338 e. The third kappa shape index (κ3) is 2.77. The summed E-state index contributed by atoms with van der Waals surface area (Å²) in [5, 5.41) is 7.99. The lowest BCUT2D eigenvalue weighted by atomic mass is 10.2. The Kier molecular flexibility index (Phi) is 4.00. The topological polar surface area (TPSA) is 74.1 Å². The second-order valence-corrected chi connectivity index (χ2v) is 5.35. The summed E-state index contributed by atoms with van der Waals surface area (Å²) in [6.45, 7) is 2.34. The van der Waals surface area contributed by atoms with E-state index in [2.05, 4.69) is 10.3 Å². The molecule has 1 aromatic heterocycles. The lowest BCUT2D eigenvalue weighted by molar-refractivity contribution is 0.0505. The first-order valence-electron chi connectivity index (χ1n) is 7.43. The van der Waals surface area contributed by atoms with Crippen molar-refractivity contribution in [3.63, 3.8) is 0 Å². The maximum atomic E-state index is 12.0. The van der Waals surface area contributed by atoms with Crippen molar-refractivity contribution in [3.8, 4) is 5.69 Å². The van der Waals surface area contributed by atoms with Crippen molar-refractivity contribution in [2.45, 2.75) is 32.1 Å². The number of carbonyl (C=O) groups is 2. The van der Waals surface area contributed by atoms with Crippen molar-refractivity contribution in [2.24, 2.45) is 0 Å². The van der Waals surface area contributed by atoms with Crippen molar-refractivity contribution >= 4 is 12.3 Å². The Balaban J connectivity index is 1.94. The fourth-order valence-electron chi connectivity index (χ4n) is 2.36. The molecule has 1 saturated carbocycles. The molecule has 6 heteroatoms. The van der Waals surface area contributed by atoms with Crippen molar-refractivity contribution in [2.75, 3.05) is 6.61 Å². The number of carbonyl (C=O) groups excluding carboxylic acids is 2. The van der Waals surface area contributed by atoms with E-state index < -0.39 is 0 Å². The van der Waals surface area contributed by atoms with E-state index in [0.29, 0.717) is 29.5 Å². The Morgan fingerprint density at radius 2 is 2.27 bits per heavy atom. The van der Waals surface area contributed by atoms with Crippen molar-refractivity contribution < 1.29 is 14.3 Å². The van der Waals surface area contributed by atoms with Gasteiger partial charge < -0.3 is 4.74 Å². The van der Waals surface area contributed by atoms with Gasteiger partial charge in [0.15, 0.2) is 6.29 Å². The second kappa shape index (κ2) is 6.09. The SMILES string of the molecule is CCCOC(=O)c1cccc(-n2nnc(C=O)c2C2CC2)c1. The van der Waals surface area contributed by atoms with Gasteiger partial charge in [0, 0.05) is 5.92 Å². The third-order valence-electron chi connectivity index (χ3n) is 3.57. The molecule has 0 bridgehead atoms. The summed E-state index contributed by atoms with van der Waals surface area (Å²) >= 11 is 0. The molecule has 2 aromatic rings. The Morgan fingerprint density at radius 3 is 2.95 bits per heavy atom. The number of aldehydes is 1. The largest absolute Gasteiger partial charge is 0.462 e. The lowest BCUT2D eigenvalue weighted by Gasteiger charge is -2.08. The van der Waals surface area contributed by atoms with E-state index in [1.165, 1.54) is 0 Å². The summed E-state index contributed by atoms with van der Waals surface area (Å²) in [5.74, 6) is -0.0294. The molecule has 1 aliphatic carbocycles. The van der Waals surface area contributed by atoms with E-state index >= 15 is 0 Å². The van der Waals surface area contributed by atoms with Gasteiger partial charge in [-0.2, -0.15) is 0 Å². The molecular weight excluding hydrogens is 282 g/mol. The number of ether oxygens (including phenoxy) is 1. The molecule has 1 aliphatic rings. The summed E-state index contributed by atoms with van der Waals surface area (Å²) in [5.41, 5.74) is 2.39. The zero-order valence-corrected chi connectivity index (χ0v) is 12.4. The minimum absolute atomic E-state index is 0.325. The van der Waals surface area contributed by atoms with Crippen LogP contribution in [0.15, 0.2) is 24.3 Å². The minimum atomic E-state index is -0.354. The van der Waals surface area contributed by atoms with Gasteiger partial charge in [-0.25, -0.2) is 9.48 Å². The average Bonchev–Trinajstić information content (AvgIpc) is 3.31. The van der Waals surface area contributed by atoms with Crippen LogP contribution in [0, 0.1) is 0 Å². The summed E-state index contributed by atoms with van der Waals surface area (Å²) in [4.78, 5) is 23.1. The van der Waals surface area contributed by atoms with Crippen LogP contribution in [-0.2, 0) is 4.74 Å². The molecule has 0 atom stereocenters. The Morgan fingerprint density at radius 1 is 1.45 bits per heavy atom. The zero-order chi connectivity index (χ0) is 15.5. The third-order valence-corrected chi connectivity index (χ3v) is 3.57. The lowest BCUT2D eigenvalue weighted by Crippen LogP contribution is -2.08. The van der Waals surface area contributed by atoms with Crippen LogP contribution in [0.3, 0.4) is 0 Å². The van der Waals surface area contributed by atoms with Gasteiger partial charge >= 0.3 is 5.97 Å². The summed E-state index contributed by atoms with van der Waals surface area (Å²) < 4.78 is 6.79. The molecule has 0 saturated heterocycles. The Hall–Kier alpha value is -2.50. The fourth-order valence-corrected chi connectivity index (χ4v) is 2.36. The summed E-state index contributed by atoms with van der Waals surface area (Å²) in [7, 11) is 0. The van der Waals surface area contributed by atoms with Gasteiger partial charge in [-0.05, 0) is 37.5 Å². The van der Waals surface area contributed by atoms with Crippen LogP contribution in [0.2, 0.25) is 0 Å². The zero-order valence-electron chi connectivity index (χ0n) is 12.4. The number of hydrogen-bond donors (Lipinski definition) is 0. The molecule has 0 unspecified atom stereocenters. The molecule has 0 amide bonds. The van der Waals surface area contributed by atoms with Crippen LogP contribution in [0.1, 0.15) is 58.6 Å². The van der Waals surface area contributed by atoms with E-state index in [-0.39, 0.29) is 5.97 Å². The first-order valence-corrected chi connectivity index (χ1v) is 7.43. The average molecular weight is 299 g/mol. The van der Waals surface area contributed by atoms with E-state index in [9.17, 15) is 9.59 Å². The Bertz CT molecular complexity index is 704. The minimum Gasteiger partial charge on any atom is -0.462 e. The van der Waals surface area contributed by atoms with Crippen LogP contribution >= 0.6 is 0 Å². The normalized spacial score (nSPS) is 13.9. The highest BCUT2D eigenvalue weighted by atomic mass is 16.5. The molecule has 1 aromatic carbocycles. The van der Waals surface area contributed by atoms with Crippen molar-refractivity contribution in [1.29, 1.82) is 0 Å². The highest BCUT2D eigenvalue weighted by Crippen LogP contribution is 2.41. The monoisotopic (exact) mass is 299 g/mol. The quantitative estimate of drug-likeness (QED) is 0.605. The molecule has 22 heavy (non-hydrogen) atoms.